The Morgan fingerprint density at radius 3 is 3.06 bits per heavy atom. The average molecular weight is 223 g/mol. The van der Waals surface area contributed by atoms with Crippen LogP contribution in [0.2, 0.25) is 0 Å². The summed E-state index contributed by atoms with van der Waals surface area (Å²) in [5.41, 5.74) is 1.82. The minimum absolute atomic E-state index is 0.436. The molecule has 2 aliphatic rings. The molecule has 0 atom stereocenters. The van der Waals surface area contributed by atoms with Crippen molar-refractivity contribution in [1.82, 2.24) is 4.98 Å². The van der Waals surface area contributed by atoms with Gasteiger partial charge in [-0.3, -0.25) is 4.99 Å². The number of fused-ring (bicyclic) bond motifs is 4. The molecule has 2 aromatic rings. The predicted molar refractivity (Wildman–Crippen MR) is 58.5 cm³/mol. The van der Waals surface area contributed by atoms with Crippen molar-refractivity contribution in [2.75, 3.05) is 0 Å². The summed E-state index contributed by atoms with van der Waals surface area (Å²) >= 11 is 0. The zero-order valence-corrected chi connectivity index (χ0v) is 8.54. The monoisotopic (exact) mass is 223 g/mol. The summed E-state index contributed by atoms with van der Waals surface area (Å²) in [6, 6.07) is 5.52. The number of pyridine rings is 1. The van der Waals surface area contributed by atoms with Crippen LogP contribution < -0.4 is 10.7 Å². The standard InChI is InChI=1S/C12H5N3O2/c16-12-10-8(15-17-12)2-1-6-5-9-7(3-4-13-9)14-11(6)10/h1-5H. The van der Waals surface area contributed by atoms with Gasteiger partial charge in [0.25, 0.3) is 0 Å². The topological polar surface area (TPSA) is 63.9 Å². The number of benzene rings is 1. The third-order valence-corrected chi connectivity index (χ3v) is 2.85. The second-order valence-electron chi connectivity index (χ2n) is 3.84. The number of carbonyl (C=O) groups excluding carboxylic acids is 1. The molecule has 1 aromatic carbocycles. The Morgan fingerprint density at radius 1 is 1.18 bits per heavy atom. The van der Waals surface area contributed by atoms with E-state index in [9.17, 15) is 4.79 Å². The Hall–Kier alpha value is -2.56. The highest BCUT2D eigenvalue weighted by atomic mass is 16.7. The fourth-order valence-corrected chi connectivity index (χ4v) is 2.06. The lowest BCUT2D eigenvalue weighted by atomic mass is 10.1. The molecular formula is C12H5N3O2. The van der Waals surface area contributed by atoms with Crippen molar-refractivity contribution >= 4 is 22.9 Å². The van der Waals surface area contributed by atoms with Crippen LogP contribution >= 0.6 is 0 Å². The molecule has 4 rings (SSSR count). The third-order valence-electron chi connectivity index (χ3n) is 2.85. The van der Waals surface area contributed by atoms with Crippen LogP contribution in [0.5, 0.6) is 0 Å². The van der Waals surface area contributed by atoms with Gasteiger partial charge >= 0.3 is 5.97 Å². The summed E-state index contributed by atoms with van der Waals surface area (Å²) in [7, 11) is 0. The Bertz CT molecular complexity index is 837. The quantitative estimate of drug-likeness (QED) is 0.612. The highest BCUT2D eigenvalue weighted by molar-refractivity contribution is 6.03. The van der Waals surface area contributed by atoms with Crippen LogP contribution in [0.25, 0.3) is 17.0 Å². The van der Waals surface area contributed by atoms with Crippen LogP contribution in [0.4, 0.5) is 0 Å². The fourth-order valence-electron chi connectivity index (χ4n) is 2.06. The Morgan fingerprint density at radius 2 is 2.12 bits per heavy atom. The van der Waals surface area contributed by atoms with Crippen LogP contribution in [0.1, 0.15) is 16.1 Å². The van der Waals surface area contributed by atoms with Gasteiger partial charge in [-0.15, -0.1) is 0 Å². The van der Waals surface area contributed by atoms with Gasteiger partial charge in [-0.1, -0.05) is 11.2 Å². The molecule has 0 fully saturated rings. The summed E-state index contributed by atoms with van der Waals surface area (Å²) < 4.78 is 0. The van der Waals surface area contributed by atoms with Gasteiger partial charge < -0.3 is 4.84 Å². The minimum atomic E-state index is -0.447. The lowest BCUT2D eigenvalue weighted by molar-refractivity contribution is 0.0545. The lowest BCUT2D eigenvalue weighted by Crippen LogP contribution is -2.12. The van der Waals surface area contributed by atoms with Crippen LogP contribution in [-0.4, -0.2) is 11.0 Å². The van der Waals surface area contributed by atoms with Gasteiger partial charge in [-0.2, -0.15) is 0 Å². The van der Waals surface area contributed by atoms with Crippen LogP contribution in [0.3, 0.4) is 0 Å². The summed E-state index contributed by atoms with van der Waals surface area (Å²) in [5, 5.41) is 5.91. The summed E-state index contributed by atoms with van der Waals surface area (Å²) in [5.74, 6) is -0.447. The van der Waals surface area contributed by atoms with Gasteiger partial charge in [0.15, 0.2) is 0 Å². The molecule has 0 N–H and O–H groups in total. The maximum atomic E-state index is 11.6. The van der Waals surface area contributed by atoms with Gasteiger partial charge in [-0.05, 0) is 18.2 Å². The molecule has 1 aromatic heterocycles. The third kappa shape index (κ3) is 1.02. The van der Waals surface area contributed by atoms with Crippen molar-refractivity contribution in [3.05, 3.63) is 46.4 Å². The zero-order valence-electron chi connectivity index (χ0n) is 8.54. The van der Waals surface area contributed by atoms with Crippen molar-refractivity contribution in [1.29, 1.82) is 0 Å². The van der Waals surface area contributed by atoms with Crippen molar-refractivity contribution in [2.24, 2.45) is 10.1 Å². The van der Waals surface area contributed by atoms with Crippen molar-refractivity contribution in [3.63, 3.8) is 0 Å². The molecule has 0 aliphatic carbocycles. The number of nitrogens with zero attached hydrogens (tertiary/aromatic N) is 3. The van der Waals surface area contributed by atoms with E-state index in [0.717, 1.165) is 16.4 Å². The number of rotatable bonds is 0. The number of aromatic nitrogens is 1. The maximum absolute atomic E-state index is 11.6. The Labute approximate surface area is 94.7 Å². The first-order valence-electron chi connectivity index (χ1n) is 5.10. The highest BCUT2D eigenvalue weighted by Crippen LogP contribution is 2.17. The van der Waals surface area contributed by atoms with E-state index in [1.54, 1.807) is 12.3 Å². The molecule has 0 radical (unpaired) electrons. The van der Waals surface area contributed by atoms with Crippen LogP contribution in [0.15, 0.2) is 34.5 Å². The van der Waals surface area contributed by atoms with E-state index in [2.05, 4.69) is 20.0 Å². The largest absolute Gasteiger partial charge is 0.370 e. The van der Waals surface area contributed by atoms with E-state index in [1.165, 1.54) is 0 Å². The zero-order chi connectivity index (χ0) is 11.4. The fraction of sp³-hybridized carbons (Fsp3) is 0. The Kier molecular flexibility index (Phi) is 1.39. The minimum Gasteiger partial charge on any atom is -0.312 e. The molecule has 0 amide bonds. The molecule has 5 nitrogen and oxygen atoms in total. The highest BCUT2D eigenvalue weighted by Gasteiger charge is 2.22. The average Bonchev–Trinajstić information content (AvgIpc) is 2.92. The van der Waals surface area contributed by atoms with Crippen molar-refractivity contribution < 1.29 is 9.63 Å². The van der Waals surface area contributed by atoms with Crippen molar-refractivity contribution in [3.8, 4) is 0 Å². The first-order valence-corrected chi connectivity index (χ1v) is 5.10. The second kappa shape index (κ2) is 2.76. The molecule has 80 valence electrons. The first-order chi connectivity index (χ1) is 8.33. The maximum Gasteiger partial charge on any atom is 0.370 e. The van der Waals surface area contributed by atoms with Gasteiger partial charge in [-0.25, -0.2) is 9.78 Å². The molecule has 17 heavy (non-hydrogen) atoms. The number of carbonyl (C=O) groups is 1. The molecule has 0 unspecified atom stereocenters. The van der Waals surface area contributed by atoms with Gasteiger partial charge in [0.2, 0.25) is 0 Å². The molecular weight excluding hydrogens is 218 g/mol. The van der Waals surface area contributed by atoms with E-state index < -0.39 is 5.97 Å². The van der Waals surface area contributed by atoms with E-state index in [1.807, 2.05) is 18.2 Å². The van der Waals surface area contributed by atoms with E-state index in [-0.39, 0.29) is 0 Å². The molecule has 0 spiro atoms. The van der Waals surface area contributed by atoms with E-state index >= 15 is 0 Å². The van der Waals surface area contributed by atoms with E-state index in [0.29, 0.717) is 16.4 Å². The smallest absolute Gasteiger partial charge is 0.312 e. The summed E-state index contributed by atoms with van der Waals surface area (Å²) in [4.78, 5) is 24.9. The molecule has 2 aliphatic heterocycles. The second-order valence-corrected chi connectivity index (χ2v) is 3.84. The first kappa shape index (κ1) is 8.58. The SMILES string of the molecule is O=C1ON=c2ccc3cc4c(nc3c21)C=CN=4. The molecule has 3 heterocycles. The molecule has 0 bridgehead atoms. The van der Waals surface area contributed by atoms with Gasteiger partial charge in [0.05, 0.1) is 16.6 Å². The van der Waals surface area contributed by atoms with Crippen LogP contribution in [-0.2, 0) is 4.84 Å². The number of hydrogen-bond acceptors (Lipinski definition) is 5. The van der Waals surface area contributed by atoms with E-state index in [4.69, 9.17) is 0 Å². The molecule has 5 heteroatoms. The lowest BCUT2D eigenvalue weighted by Gasteiger charge is -1.99. The summed E-state index contributed by atoms with van der Waals surface area (Å²) in [6.45, 7) is 0. The number of hydrogen-bond donors (Lipinski definition) is 0. The van der Waals surface area contributed by atoms with Crippen LogP contribution in [0, 0.1) is 0 Å². The Balaban J connectivity index is 2.24. The van der Waals surface area contributed by atoms with Gasteiger partial charge in [0.1, 0.15) is 10.9 Å². The van der Waals surface area contributed by atoms with Crippen molar-refractivity contribution in [2.45, 2.75) is 0 Å². The molecule has 0 saturated heterocycles. The van der Waals surface area contributed by atoms with Gasteiger partial charge in [0, 0.05) is 11.6 Å². The summed E-state index contributed by atoms with van der Waals surface area (Å²) in [6.07, 6.45) is 3.51. The predicted octanol–water partition coefficient (Wildman–Crippen LogP) is 0.544. The molecule has 0 saturated carbocycles. The normalized spacial score (nSPS) is 15.2.